The second-order valence-electron chi connectivity index (χ2n) is 6.95. The summed E-state index contributed by atoms with van der Waals surface area (Å²) in [7, 11) is 0. The predicted octanol–water partition coefficient (Wildman–Crippen LogP) is 1.06. The zero-order valence-electron chi connectivity index (χ0n) is 13.9. The highest BCUT2D eigenvalue weighted by Gasteiger charge is 2.56. The van der Waals surface area contributed by atoms with Gasteiger partial charge in [-0.05, 0) is 17.9 Å². The van der Waals surface area contributed by atoms with Gasteiger partial charge in [0.1, 0.15) is 12.2 Å². The van der Waals surface area contributed by atoms with Crippen molar-refractivity contribution < 1.29 is 29.3 Å². The minimum absolute atomic E-state index is 0.0673. The molecule has 0 aromatic heterocycles. The van der Waals surface area contributed by atoms with Gasteiger partial charge in [0.15, 0.2) is 0 Å². The molecule has 3 fully saturated rings. The molecule has 0 radical (unpaired) electrons. The van der Waals surface area contributed by atoms with E-state index in [1.165, 1.54) is 0 Å². The van der Waals surface area contributed by atoms with E-state index in [9.17, 15) is 14.7 Å². The third-order valence-corrected chi connectivity index (χ3v) is 5.51. The van der Waals surface area contributed by atoms with E-state index in [0.29, 0.717) is 18.4 Å². The molecule has 2 N–H and O–H groups in total. The summed E-state index contributed by atoms with van der Waals surface area (Å²) in [6.07, 6.45) is -1.19. The number of aliphatic hydroxyl groups is 2. The van der Waals surface area contributed by atoms with Gasteiger partial charge in [0.05, 0.1) is 24.2 Å². The van der Waals surface area contributed by atoms with Crippen LogP contribution in [0.4, 0.5) is 0 Å². The van der Waals surface area contributed by atoms with Crippen molar-refractivity contribution in [1.82, 2.24) is 0 Å². The Bertz CT molecular complexity index is 690. The Morgan fingerprint density at radius 1 is 1.28 bits per heavy atom. The molecule has 0 amide bonds. The summed E-state index contributed by atoms with van der Waals surface area (Å²) in [5.74, 6) is -2.18. The standard InChI is InChI=1S/C19H22O6/c1-8-5-14(24-18(22)9(2)7-20)16-11(4)19(23)25-17(16)15-10(3)13(21)6-12(8)15/h12-17,20-21H,1-7H2/t12-,13?,14-,15-,16+,17+/m0/s1. The van der Waals surface area contributed by atoms with Crippen molar-refractivity contribution in [1.29, 1.82) is 0 Å². The van der Waals surface area contributed by atoms with E-state index in [1.807, 2.05) is 0 Å². The fourth-order valence-corrected chi connectivity index (χ4v) is 4.16. The third kappa shape index (κ3) is 2.75. The molecule has 2 aliphatic carbocycles. The highest BCUT2D eigenvalue weighted by atomic mass is 16.6. The van der Waals surface area contributed by atoms with Crippen molar-refractivity contribution in [3.63, 3.8) is 0 Å². The van der Waals surface area contributed by atoms with Crippen LogP contribution in [0, 0.1) is 17.8 Å². The van der Waals surface area contributed by atoms with Gasteiger partial charge in [-0.1, -0.05) is 31.9 Å². The lowest BCUT2D eigenvalue weighted by Crippen LogP contribution is -2.36. The first-order valence-corrected chi connectivity index (χ1v) is 8.20. The Morgan fingerprint density at radius 3 is 2.60 bits per heavy atom. The van der Waals surface area contributed by atoms with E-state index in [4.69, 9.17) is 14.6 Å². The molecule has 25 heavy (non-hydrogen) atoms. The Balaban J connectivity index is 1.96. The van der Waals surface area contributed by atoms with E-state index in [2.05, 4.69) is 26.3 Å². The van der Waals surface area contributed by atoms with Crippen LogP contribution in [0.2, 0.25) is 0 Å². The molecule has 1 unspecified atom stereocenters. The highest BCUT2D eigenvalue weighted by molar-refractivity contribution is 5.92. The van der Waals surface area contributed by atoms with Crippen LogP contribution in [0.25, 0.3) is 0 Å². The second-order valence-corrected chi connectivity index (χ2v) is 6.95. The summed E-state index contributed by atoms with van der Waals surface area (Å²) in [6, 6.07) is 0. The fourth-order valence-electron chi connectivity index (χ4n) is 4.16. The van der Waals surface area contributed by atoms with Gasteiger partial charge < -0.3 is 19.7 Å². The number of hydrogen-bond acceptors (Lipinski definition) is 6. The van der Waals surface area contributed by atoms with E-state index >= 15 is 0 Å². The van der Waals surface area contributed by atoms with Crippen molar-refractivity contribution in [2.75, 3.05) is 6.61 Å². The zero-order valence-corrected chi connectivity index (χ0v) is 13.9. The van der Waals surface area contributed by atoms with Crippen LogP contribution in [-0.4, -0.2) is 47.1 Å². The number of aliphatic hydroxyl groups excluding tert-OH is 2. The maximum atomic E-state index is 12.1. The van der Waals surface area contributed by atoms with Crippen LogP contribution in [0.1, 0.15) is 12.8 Å². The molecule has 0 spiro atoms. The van der Waals surface area contributed by atoms with Crippen molar-refractivity contribution in [3.05, 3.63) is 48.6 Å². The first kappa shape index (κ1) is 17.6. The molecule has 0 bridgehead atoms. The molecule has 3 aliphatic rings. The smallest absolute Gasteiger partial charge is 0.336 e. The van der Waals surface area contributed by atoms with Crippen molar-refractivity contribution in [2.24, 2.45) is 17.8 Å². The monoisotopic (exact) mass is 346 g/mol. The highest BCUT2D eigenvalue weighted by Crippen LogP contribution is 2.52. The maximum Gasteiger partial charge on any atom is 0.336 e. The molecule has 6 atom stereocenters. The quantitative estimate of drug-likeness (QED) is 0.451. The second kappa shape index (κ2) is 6.28. The minimum Gasteiger partial charge on any atom is -0.458 e. The average molecular weight is 346 g/mol. The number of carbonyl (C=O) groups is 2. The van der Waals surface area contributed by atoms with E-state index < -0.39 is 42.8 Å². The molecular formula is C19H22O6. The first-order valence-electron chi connectivity index (χ1n) is 8.20. The van der Waals surface area contributed by atoms with E-state index in [1.54, 1.807) is 0 Å². The van der Waals surface area contributed by atoms with Crippen molar-refractivity contribution >= 4 is 11.9 Å². The van der Waals surface area contributed by atoms with Gasteiger partial charge >= 0.3 is 11.9 Å². The van der Waals surface area contributed by atoms with Crippen molar-refractivity contribution in [3.8, 4) is 0 Å². The summed E-state index contributed by atoms with van der Waals surface area (Å²) < 4.78 is 11.0. The average Bonchev–Trinajstić information content (AvgIpc) is 2.99. The molecule has 0 aromatic carbocycles. The fraction of sp³-hybridized carbons (Fsp3) is 0.474. The lowest BCUT2D eigenvalue weighted by molar-refractivity contribution is -0.148. The van der Waals surface area contributed by atoms with E-state index in [-0.39, 0.29) is 23.0 Å². The predicted molar refractivity (Wildman–Crippen MR) is 89.1 cm³/mol. The summed E-state index contributed by atoms with van der Waals surface area (Å²) in [5.41, 5.74) is 1.59. The van der Waals surface area contributed by atoms with Gasteiger partial charge in [-0.15, -0.1) is 0 Å². The molecule has 1 saturated heterocycles. The van der Waals surface area contributed by atoms with Gasteiger partial charge in [0, 0.05) is 17.9 Å². The Kier molecular flexibility index (Phi) is 4.43. The molecule has 1 aliphatic heterocycles. The summed E-state index contributed by atoms with van der Waals surface area (Å²) >= 11 is 0. The largest absolute Gasteiger partial charge is 0.458 e. The molecule has 6 heteroatoms. The topological polar surface area (TPSA) is 93.1 Å². The van der Waals surface area contributed by atoms with Gasteiger partial charge in [-0.25, -0.2) is 9.59 Å². The van der Waals surface area contributed by atoms with Gasteiger partial charge in [-0.2, -0.15) is 0 Å². The van der Waals surface area contributed by atoms with Crippen LogP contribution in [-0.2, 0) is 19.1 Å². The first-order chi connectivity index (χ1) is 11.8. The van der Waals surface area contributed by atoms with Crippen LogP contribution in [0.5, 0.6) is 0 Å². The number of rotatable bonds is 3. The Labute approximate surface area is 146 Å². The van der Waals surface area contributed by atoms with Crippen LogP contribution in [0.3, 0.4) is 0 Å². The number of esters is 2. The molecular weight excluding hydrogens is 324 g/mol. The third-order valence-electron chi connectivity index (χ3n) is 5.51. The van der Waals surface area contributed by atoms with Crippen molar-refractivity contribution in [2.45, 2.75) is 31.2 Å². The number of ether oxygens (including phenoxy) is 2. The van der Waals surface area contributed by atoms with Gasteiger partial charge in [-0.3, -0.25) is 0 Å². The Hall–Kier alpha value is -2.18. The lowest BCUT2D eigenvalue weighted by Gasteiger charge is -2.28. The molecule has 6 nitrogen and oxygen atoms in total. The summed E-state index contributed by atoms with van der Waals surface area (Å²) in [4.78, 5) is 24.2. The number of hydrogen-bond donors (Lipinski definition) is 2. The molecule has 3 rings (SSSR count). The SMILES string of the molecule is C=C(CO)C(=O)O[C@H]1CC(=C)[C@@H]2CC(O)C(=C)[C@@H]2[C@H]2OC(=O)C(=C)[C@@H]21. The van der Waals surface area contributed by atoms with E-state index in [0.717, 1.165) is 5.57 Å². The van der Waals surface area contributed by atoms with Crippen LogP contribution in [0.15, 0.2) is 48.6 Å². The molecule has 1 heterocycles. The Morgan fingerprint density at radius 2 is 1.96 bits per heavy atom. The zero-order chi connectivity index (χ0) is 18.5. The molecule has 134 valence electrons. The summed E-state index contributed by atoms with van der Waals surface area (Å²) in [5, 5.41) is 19.2. The van der Waals surface area contributed by atoms with Crippen LogP contribution >= 0.6 is 0 Å². The lowest BCUT2D eigenvalue weighted by atomic mass is 9.81. The number of fused-ring (bicyclic) bond motifs is 3. The minimum atomic E-state index is -0.725. The van der Waals surface area contributed by atoms with Crippen LogP contribution < -0.4 is 0 Å². The maximum absolute atomic E-state index is 12.1. The molecule has 0 aromatic rings. The summed E-state index contributed by atoms with van der Waals surface area (Å²) in [6.45, 7) is 14.8. The molecule has 2 saturated carbocycles. The van der Waals surface area contributed by atoms with Gasteiger partial charge in [0.2, 0.25) is 0 Å². The number of carbonyl (C=O) groups excluding carboxylic acids is 2. The normalized spacial score (nSPS) is 37.2. The van der Waals surface area contributed by atoms with Gasteiger partial charge in [0.25, 0.3) is 0 Å².